The van der Waals surface area contributed by atoms with Gasteiger partial charge in [0.2, 0.25) is 0 Å². The third-order valence-electron chi connectivity index (χ3n) is 9.80. The van der Waals surface area contributed by atoms with E-state index in [1.165, 1.54) is 13.5 Å². The molecule has 3 saturated heterocycles. The van der Waals surface area contributed by atoms with Crippen molar-refractivity contribution in [3.8, 4) is 0 Å². The molecule has 0 aliphatic carbocycles. The van der Waals surface area contributed by atoms with Crippen LogP contribution in [0.4, 0.5) is 4.79 Å². The Labute approximate surface area is 285 Å². The summed E-state index contributed by atoms with van der Waals surface area (Å²) >= 11 is 0. The van der Waals surface area contributed by atoms with Gasteiger partial charge in [-0.2, -0.15) is 17.0 Å². The van der Waals surface area contributed by atoms with Crippen molar-refractivity contribution < 1.29 is 36.8 Å². The molecule has 0 bridgehead atoms. The van der Waals surface area contributed by atoms with Crippen LogP contribution in [-0.4, -0.2) is 102 Å². The minimum Gasteiger partial charge on any atom is -0.457 e. The van der Waals surface area contributed by atoms with Gasteiger partial charge in [0.15, 0.2) is 5.54 Å². The Hall–Kier alpha value is -2.88. The molecule has 1 aromatic carbocycles. The number of likely N-dealkylation sites (N-methyl/N-ethyl adjacent to an activating group) is 1. The fraction of sp³-hybridized carbons (Fsp3) is 0.750. The third-order valence-corrected chi connectivity index (χ3v) is 11.9. The molecule has 1 amide bonds. The number of nitrogens with zero attached hydrogens (tertiary/aromatic N) is 6. The van der Waals surface area contributed by atoms with Gasteiger partial charge in [-0.15, -0.1) is 0 Å². The summed E-state index contributed by atoms with van der Waals surface area (Å²) in [6.45, 7) is 16.7. The van der Waals surface area contributed by atoms with Gasteiger partial charge in [0, 0.05) is 37.6 Å². The minimum absolute atomic E-state index is 0.0570. The molecular formula is C32H51BN6O8S. The lowest BCUT2D eigenvalue weighted by molar-refractivity contribution is -0.156. The van der Waals surface area contributed by atoms with E-state index in [2.05, 4.69) is 10.0 Å². The number of ether oxygens (including phenoxy) is 2. The van der Waals surface area contributed by atoms with Crippen LogP contribution in [0, 0.1) is 5.92 Å². The van der Waals surface area contributed by atoms with E-state index < -0.39 is 69.8 Å². The van der Waals surface area contributed by atoms with E-state index in [4.69, 9.17) is 18.8 Å². The average molecular weight is 691 g/mol. The number of carbonyl (C=O) groups is 2. The Balaban J connectivity index is 1.56. The van der Waals surface area contributed by atoms with Crippen LogP contribution in [0.15, 0.2) is 35.4 Å². The zero-order valence-corrected chi connectivity index (χ0v) is 30.5. The topological polar surface area (TPSA) is 164 Å². The van der Waals surface area contributed by atoms with Gasteiger partial charge in [0.05, 0.1) is 17.2 Å². The second kappa shape index (κ2) is 14.2. The van der Waals surface area contributed by atoms with Crippen molar-refractivity contribution in [3.05, 3.63) is 46.3 Å². The highest BCUT2D eigenvalue weighted by Gasteiger charge is 2.58. The highest BCUT2D eigenvalue weighted by atomic mass is 32.2. The molecule has 3 heterocycles. The second-order valence-corrected chi connectivity index (χ2v) is 16.8. The summed E-state index contributed by atoms with van der Waals surface area (Å²) < 4.78 is 54.6. The molecule has 48 heavy (non-hydrogen) atoms. The highest BCUT2D eigenvalue weighted by Crippen LogP contribution is 2.42. The molecule has 0 radical (unpaired) electrons. The number of hydrogen-bond acceptors (Lipinski definition) is 9. The van der Waals surface area contributed by atoms with Crippen LogP contribution in [0.25, 0.3) is 10.4 Å². The molecular weight excluding hydrogens is 639 g/mol. The number of likely N-dealkylation sites (tertiary alicyclic amines) is 1. The molecule has 0 saturated carbocycles. The van der Waals surface area contributed by atoms with Crippen LogP contribution in [0.5, 0.6) is 0 Å². The predicted octanol–water partition coefficient (Wildman–Crippen LogP) is 5.33. The lowest BCUT2D eigenvalue weighted by atomic mass is 9.78. The van der Waals surface area contributed by atoms with Gasteiger partial charge in [-0.1, -0.05) is 48.8 Å². The van der Waals surface area contributed by atoms with Crippen LogP contribution < -0.4 is 0 Å². The lowest BCUT2D eigenvalue weighted by Crippen LogP contribution is -2.64. The van der Waals surface area contributed by atoms with Gasteiger partial charge in [0.25, 0.3) is 10.2 Å². The number of carbonyl (C=O) groups excluding carboxylic acids is 2. The third kappa shape index (κ3) is 7.95. The zero-order valence-electron chi connectivity index (χ0n) is 29.7. The molecule has 3 aliphatic rings. The minimum atomic E-state index is -4.16. The molecule has 1 aromatic rings. The molecule has 0 unspecified atom stereocenters. The number of amides is 1. The van der Waals surface area contributed by atoms with Crippen molar-refractivity contribution in [2.24, 2.45) is 11.0 Å². The normalized spacial score (nSPS) is 25.0. The van der Waals surface area contributed by atoms with Gasteiger partial charge >= 0.3 is 19.2 Å². The van der Waals surface area contributed by atoms with Crippen molar-refractivity contribution >= 4 is 29.4 Å². The van der Waals surface area contributed by atoms with Gasteiger partial charge in [-0.05, 0) is 85.1 Å². The monoisotopic (exact) mass is 690 g/mol. The standard InChI is InChI=1S/C32H51BN6O8S/c1-10-39(26-20-37(21-26)28(41)45-29(3,4)5)48(42,43)38-19-25(17-14-18-33-46-30(6,7)31(8,9)47-33)32(22-38,35-36-34)27(40)44-23(2)24-15-12-11-13-16-24/h11-13,15-16,23,25-26H,10,14,17-22H2,1-9H3/t23-,25+,32+/m1/s1. The van der Waals surface area contributed by atoms with Gasteiger partial charge < -0.3 is 23.7 Å². The Morgan fingerprint density at radius 2 is 1.73 bits per heavy atom. The van der Waals surface area contributed by atoms with E-state index in [1.807, 2.05) is 58.0 Å². The van der Waals surface area contributed by atoms with Gasteiger partial charge in [0.1, 0.15) is 11.7 Å². The summed E-state index contributed by atoms with van der Waals surface area (Å²) in [5.74, 6) is -1.46. The molecule has 0 spiro atoms. The molecule has 14 nitrogen and oxygen atoms in total. The first-order valence-corrected chi connectivity index (χ1v) is 18.1. The summed E-state index contributed by atoms with van der Waals surface area (Å²) in [6.07, 6.45) is 0.201. The number of azide groups is 1. The molecule has 3 atom stereocenters. The molecule has 3 fully saturated rings. The Bertz CT molecular complexity index is 1460. The Morgan fingerprint density at radius 3 is 2.27 bits per heavy atom. The van der Waals surface area contributed by atoms with Gasteiger partial charge in [-0.25, -0.2) is 4.79 Å². The summed E-state index contributed by atoms with van der Waals surface area (Å²) in [5, 5.41) is 4.03. The predicted molar refractivity (Wildman–Crippen MR) is 181 cm³/mol. The Kier molecular flexibility index (Phi) is 11.2. The molecule has 16 heteroatoms. The smallest absolute Gasteiger partial charge is 0.457 e. The van der Waals surface area contributed by atoms with E-state index in [1.54, 1.807) is 34.6 Å². The molecule has 3 aliphatic heterocycles. The van der Waals surface area contributed by atoms with Crippen molar-refractivity contribution in [1.82, 2.24) is 13.5 Å². The van der Waals surface area contributed by atoms with E-state index in [0.717, 1.165) is 5.56 Å². The summed E-state index contributed by atoms with van der Waals surface area (Å²) in [5.41, 5.74) is 7.00. The number of esters is 1. The first-order chi connectivity index (χ1) is 22.3. The lowest BCUT2D eigenvalue weighted by Gasteiger charge is -2.45. The molecule has 4 rings (SSSR count). The molecule has 0 aromatic heterocycles. The number of rotatable bonds is 12. The van der Waals surface area contributed by atoms with Crippen molar-refractivity contribution in [3.63, 3.8) is 0 Å². The highest BCUT2D eigenvalue weighted by molar-refractivity contribution is 7.86. The van der Waals surface area contributed by atoms with Crippen molar-refractivity contribution in [2.75, 3.05) is 32.7 Å². The quantitative estimate of drug-likeness (QED) is 0.0934. The second-order valence-electron chi connectivity index (χ2n) is 14.9. The van der Waals surface area contributed by atoms with Crippen LogP contribution in [0.3, 0.4) is 0 Å². The van der Waals surface area contributed by atoms with Crippen LogP contribution in [-0.2, 0) is 33.8 Å². The fourth-order valence-corrected chi connectivity index (χ4v) is 8.23. The maximum Gasteiger partial charge on any atom is 0.457 e. The van der Waals surface area contributed by atoms with E-state index >= 15 is 0 Å². The van der Waals surface area contributed by atoms with Crippen LogP contribution >= 0.6 is 0 Å². The zero-order chi connectivity index (χ0) is 35.7. The first-order valence-electron chi connectivity index (χ1n) is 16.7. The van der Waals surface area contributed by atoms with Crippen LogP contribution in [0.1, 0.15) is 86.8 Å². The van der Waals surface area contributed by atoms with Crippen molar-refractivity contribution in [1.29, 1.82) is 0 Å². The molecule has 0 N–H and O–H groups in total. The van der Waals surface area contributed by atoms with E-state index in [9.17, 15) is 23.5 Å². The maximum absolute atomic E-state index is 14.2. The SMILES string of the molecule is CCN(C1CN(C(=O)OC(C)(C)C)C1)S(=O)(=O)N1C[C@H](CCCB2OC(C)(C)C(C)(C)O2)[C@](N=[N+]=[N-])(C(=O)O[C@H](C)c2ccccc2)C1. The van der Waals surface area contributed by atoms with Crippen LogP contribution in [0.2, 0.25) is 6.32 Å². The summed E-state index contributed by atoms with van der Waals surface area (Å²) in [6, 6.07) is 8.68. The first kappa shape index (κ1) is 37.9. The summed E-state index contributed by atoms with van der Waals surface area (Å²) in [7, 11) is -4.63. The largest absolute Gasteiger partial charge is 0.457 e. The molecule has 266 valence electrons. The fourth-order valence-electron chi connectivity index (χ4n) is 6.37. The van der Waals surface area contributed by atoms with Gasteiger partial charge in [-0.3, -0.25) is 4.79 Å². The Morgan fingerprint density at radius 1 is 1.12 bits per heavy atom. The number of hydrogen-bond donors (Lipinski definition) is 0. The van der Waals surface area contributed by atoms with Crippen molar-refractivity contribution in [2.45, 2.75) is 116 Å². The average Bonchev–Trinajstić information content (AvgIpc) is 3.43. The number of benzene rings is 1. The maximum atomic E-state index is 14.2. The van der Waals surface area contributed by atoms with E-state index in [0.29, 0.717) is 19.2 Å². The summed E-state index contributed by atoms with van der Waals surface area (Å²) in [4.78, 5) is 31.1. The van der Waals surface area contributed by atoms with E-state index in [-0.39, 0.29) is 32.7 Å².